The molecule has 2 aromatic carbocycles. The van der Waals surface area contributed by atoms with Crippen LogP contribution in [0.25, 0.3) is 0 Å². The third kappa shape index (κ3) is 5.32. The number of terminal acetylenes is 1. The Hall–Kier alpha value is -3.83. The summed E-state index contributed by atoms with van der Waals surface area (Å²) in [5.74, 6) is 2.21. The first kappa shape index (κ1) is 26.2. The Morgan fingerprint density at radius 2 is 1.73 bits per heavy atom. The van der Waals surface area contributed by atoms with Crippen molar-refractivity contribution in [2.75, 3.05) is 19.6 Å². The Kier molecular flexibility index (Phi) is 8.14. The molecule has 1 unspecified atom stereocenters. The fraction of sp³-hybridized carbons (Fsp3) is 0.414. The van der Waals surface area contributed by atoms with Gasteiger partial charge in [0.2, 0.25) is 11.8 Å². The van der Waals surface area contributed by atoms with Crippen LogP contribution < -0.4 is 5.32 Å². The predicted molar refractivity (Wildman–Crippen MR) is 141 cm³/mol. The average molecular weight is 502 g/mol. The van der Waals surface area contributed by atoms with Crippen LogP contribution in [0.1, 0.15) is 44.4 Å². The van der Waals surface area contributed by atoms with Crippen LogP contribution in [0, 0.1) is 18.3 Å². The topological polar surface area (TPSA) is 76.2 Å². The van der Waals surface area contributed by atoms with Gasteiger partial charge in [0.1, 0.15) is 12.2 Å². The van der Waals surface area contributed by atoms with E-state index in [1.54, 1.807) is 19.8 Å². The molecule has 4 atom stereocenters. The van der Waals surface area contributed by atoms with Gasteiger partial charge in [-0.15, -0.1) is 6.42 Å². The molecule has 0 aromatic heterocycles. The van der Waals surface area contributed by atoms with Gasteiger partial charge in [0.05, 0.1) is 25.7 Å². The summed E-state index contributed by atoms with van der Waals surface area (Å²) in [6.45, 7) is 6.54. The summed E-state index contributed by atoms with van der Waals surface area (Å²) in [5.41, 5.74) is 1.95. The van der Waals surface area contributed by atoms with Gasteiger partial charge in [-0.3, -0.25) is 9.59 Å². The van der Waals surface area contributed by atoms with Gasteiger partial charge >= 0.3 is 6.03 Å². The second-order valence-electron chi connectivity index (χ2n) is 9.70. The first-order valence-electron chi connectivity index (χ1n) is 12.8. The number of carbonyl (C=O) groups is 3. The Morgan fingerprint density at radius 1 is 1.08 bits per heavy atom. The van der Waals surface area contributed by atoms with Crippen LogP contribution in [0.15, 0.2) is 60.7 Å². The number of hydrogen-bond donors (Lipinski definition) is 1. The quantitative estimate of drug-likeness (QED) is 0.591. The zero-order chi connectivity index (χ0) is 26.5. The molecule has 4 rings (SSSR count). The fourth-order valence-corrected chi connectivity index (χ4v) is 5.20. The molecule has 0 saturated carbocycles. The van der Waals surface area contributed by atoms with Gasteiger partial charge in [-0.1, -0.05) is 86.9 Å². The van der Waals surface area contributed by atoms with Crippen molar-refractivity contribution in [3.05, 3.63) is 71.8 Å². The van der Waals surface area contributed by atoms with Crippen LogP contribution in [0.3, 0.4) is 0 Å². The van der Waals surface area contributed by atoms with Crippen molar-refractivity contribution in [2.45, 2.75) is 52.0 Å². The zero-order valence-electron chi connectivity index (χ0n) is 21.7. The number of hydrazine groups is 1. The molecule has 2 fully saturated rings. The normalized spacial score (nSPS) is 21.7. The number of nitrogens with one attached hydrogen (secondary N) is 1. The molecule has 194 valence electrons. The smallest absolute Gasteiger partial charge is 0.333 e. The highest BCUT2D eigenvalue weighted by Crippen LogP contribution is 2.34. The lowest BCUT2D eigenvalue weighted by molar-refractivity contribution is -0.194. The fourth-order valence-electron chi connectivity index (χ4n) is 5.20. The molecule has 2 aromatic rings. The molecule has 2 aliphatic heterocycles. The van der Waals surface area contributed by atoms with Crippen molar-refractivity contribution >= 4 is 17.8 Å². The molecular formula is C29H35N5O3. The van der Waals surface area contributed by atoms with Crippen molar-refractivity contribution in [3.63, 3.8) is 0 Å². The summed E-state index contributed by atoms with van der Waals surface area (Å²) >= 11 is 0. The Labute approximate surface area is 219 Å². The van der Waals surface area contributed by atoms with Gasteiger partial charge in [-0.2, -0.15) is 5.01 Å². The summed E-state index contributed by atoms with van der Waals surface area (Å²) in [6, 6.07) is 18.2. The molecule has 0 spiro atoms. The van der Waals surface area contributed by atoms with E-state index in [4.69, 9.17) is 6.42 Å². The number of benzene rings is 2. The number of hydrogen-bond acceptors (Lipinski definition) is 4. The molecule has 2 saturated heterocycles. The van der Waals surface area contributed by atoms with Crippen molar-refractivity contribution in [2.24, 2.45) is 5.92 Å². The molecule has 4 amide bonds. The predicted octanol–water partition coefficient (Wildman–Crippen LogP) is 3.23. The third-order valence-corrected chi connectivity index (χ3v) is 7.41. The lowest BCUT2D eigenvalue weighted by Crippen LogP contribution is -2.77. The Balaban J connectivity index is 1.70. The second kappa shape index (κ2) is 11.5. The largest absolute Gasteiger partial charge is 0.334 e. The summed E-state index contributed by atoms with van der Waals surface area (Å²) in [4.78, 5) is 44.5. The van der Waals surface area contributed by atoms with E-state index >= 15 is 0 Å². The standard InChI is InChI=1S/C29H35N5O3/c1-5-17-31-20-26(35)33-25(34(31)29(37)30-18-23-13-9-7-10-14-23)19-32(28(36)27(33)21(3)6-2)22(4)24-15-11-8-12-16-24/h1,7-16,21-22,25,27H,6,17-20H2,2-4H3,(H,30,37)/t21?,22-,25+,27+/m1/s1. The van der Waals surface area contributed by atoms with Crippen molar-refractivity contribution in [3.8, 4) is 12.3 Å². The van der Waals surface area contributed by atoms with Crippen molar-refractivity contribution in [1.82, 2.24) is 25.1 Å². The number of urea groups is 1. The lowest BCUT2D eigenvalue weighted by Gasteiger charge is -2.56. The molecule has 8 heteroatoms. The summed E-state index contributed by atoms with van der Waals surface area (Å²) < 4.78 is 0. The van der Waals surface area contributed by atoms with Gasteiger partial charge in [0.25, 0.3) is 0 Å². The highest BCUT2D eigenvalue weighted by atomic mass is 16.2. The molecule has 2 aliphatic rings. The summed E-state index contributed by atoms with van der Waals surface area (Å²) in [6.07, 6.45) is 5.68. The van der Waals surface area contributed by atoms with Gasteiger partial charge in [0, 0.05) is 6.54 Å². The maximum absolute atomic E-state index is 13.9. The molecule has 0 aliphatic carbocycles. The van der Waals surface area contributed by atoms with Gasteiger partial charge in [-0.05, 0) is 24.0 Å². The first-order chi connectivity index (χ1) is 17.9. The van der Waals surface area contributed by atoms with Gasteiger partial charge in [-0.25, -0.2) is 9.80 Å². The molecule has 8 nitrogen and oxygen atoms in total. The van der Waals surface area contributed by atoms with E-state index in [-0.39, 0.29) is 49.4 Å². The highest BCUT2D eigenvalue weighted by molar-refractivity contribution is 5.92. The molecule has 1 N–H and O–H groups in total. The SMILES string of the molecule is C#CCN1CC(=O)N2[C@@H](C(C)CC)C(=O)N([C@H](C)c3ccccc3)C[C@@H]2N1C(=O)NCc1ccccc1. The number of carbonyl (C=O) groups excluding carboxylic acids is 3. The molecule has 0 radical (unpaired) electrons. The third-order valence-electron chi connectivity index (χ3n) is 7.41. The van der Waals surface area contributed by atoms with E-state index in [0.717, 1.165) is 17.5 Å². The monoisotopic (exact) mass is 501 g/mol. The van der Waals surface area contributed by atoms with Crippen LogP contribution >= 0.6 is 0 Å². The maximum Gasteiger partial charge on any atom is 0.334 e. The van der Waals surface area contributed by atoms with Crippen LogP contribution in [0.5, 0.6) is 0 Å². The number of nitrogens with zero attached hydrogens (tertiary/aromatic N) is 4. The van der Waals surface area contributed by atoms with E-state index < -0.39 is 12.2 Å². The van der Waals surface area contributed by atoms with Crippen LogP contribution in [0.4, 0.5) is 4.79 Å². The molecule has 37 heavy (non-hydrogen) atoms. The summed E-state index contributed by atoms with van der Waals surface area (Å²) in [7, 11) is 0. The number of rotatable bonds is 7. The average Bonchev–Trinajstić information content (AvgIpc) is 2.92. The molecular weight excluding hydrogens is 466 g/mol. The first-order valence-corrected chi connectivity index (χ1v) is 12.8. The number of amides is 4. The molecule has 2 heterocycles. The van der Waals surface area contributed by atoms with Gasteiger partial charge in [0.15, 0.2) is 0 Å². The highest BCUT2D eigenvalue weighted by Gasteiger charge is 2.53. The number of piperazine rings is 1. The Morgan fingerprint density at radius 3 is 2.35 bits per heavy atom. The van der Waals surface area contributed by atoms with E-state index in [1.807, 2.05) is 81.4 Å². The minimum Gasteiger partial charge on any atom is -0.333 e. The minimum atomic E-state index is -0.673. The van der Waals surface area contributed by atoms with Crippen LogP contribution in [0.2, 0.25) is 0 Å². The van der Waals surface area contributed by atoms with Gasteiger partial charge < -0.3 is 15.1 Å². The second-order valence-corrected chi connectivity index (χ2v) is 9.70. The lowest BCUT2D eigenvalue weighted by atomic mass is 9.91. The van der Waals surface area contributed by atoms with E-state index in [9.17, 15) is 14.4 Å². The van der Waals surface area contributed by atoms with E-state index in [1.165, 1.54) is 0 Å². The van der Waals surface area contributed by atoms with Crippen LogP contribution in [-0.2, 0) is 16.1 Å². The minimum absolute atomic E-state index is 0.0616. The summed E-state index contributed by atoms with van der Waals surface area (Å²) in [5, 5.41) is 6.15. The zero-order valence-corrected chi connectivity index (χ0v) is 21.7. The van der Waals surface area contributed by atoms with Crippen molar-refractivity contribution < 1.29 is 14.4 Å². The van der Waals surface area contributed by atoms with Crippen molar-refractivity contribution in [1.29, 1.82) is 0 Å². The number of fused-ring (bicyclic) bond motifs is 1. The Bertz CT molecular complexity index is 1150. The van der Waals surface area contributed by atoms with E-state index in [2.05, 4.69) is 11.2 Å². The molecule has 0 bridgehead atoms. The van der Waals surface area contributed by atoms with E-state index in [0.29, 0.717) is 6.54 Å². The van der Waals surface area contributed by atoms with Crippen LogP contribution in [-0.4, -0.2) is 69.5 Å². The maximum atomic E-state index is 13.9.